The predicted octanol–water partition coefficient (Wildman–Crippen LogP) is 4.11. The Bertz CT molecular complexity index is 1160. The molecule has 34 heavy (non-hydrogen) atoms. The lowest BCUT2D eigenvalue weighted by Gasteiger charge is -2.23. The summed E-state index contributed by atoms with van der Waals surface area (Å²) in [4.78, 5) is 32.7. The van der Waals surface area contributed by atoms with Crippen molar-refractivity contribution >= 4 is 28.4 Å². The van der Waals surface area contributed by atoms with Crippen molar-refractivity contribution in [2.45, 2.75) is 19.0 Å². The topological polar surface area (TPSA) is 65.5 Å². The van der Waals surface area contributed by atoms with Crippen molar-refractivity contribution in [3.05, 3.63) is 71.9 Å². The molecule has 3 aromatic rings. The number of nitrogens with one attached hydrogen (secondary N) is 1. The number of carbonyl (C=O) groups excluding carboxylic acids is 2. The summed E-state index contributed by atoms with van der Waals surface area (Å²) in [6.45, 7) is 2.30. The molecule has 0 aliphatic carbocycles. The number of anilines is 1. The lowest BCUT2D eigenvalue weighted by molar-refractivity contribution is -0.137. The number of fused-ring (bicyclic) bond motifs is 1. The van der Waals surface area contributed by atoms with Crippen molar-refractivity contribution in [1.82, 2.24) is 15.2 Å². The van der Waals surface area contributed by atoms with E-state index in [9.17, 15) is 22.8 Å². The van der Waals surface area contributed by atoms with Gasteiger partial charge in [-0.1, -0.05) is 30.3 Å². The van der Waals surface area contributed by atoms with E-state index in [0.29, 0.717) is 44.0 Å². The van der Waals surface area contributed by atoms with Gasteiger partial charge < -0.3 is 15.1 Å². The molecule has 0 bridgehead atoms. The molecule has 1 saturated heterocycles. The van der Waals surface area contributed by atoms with Gasteiger partial charge in [-0.3, -0.25) is 9.59 Å². The minimum absolute atomic E-state index is 0.0685. The van der Waals surface area contributed by atoms with E-state index in [1.807, 2.05) is 41.3 Å². The SMILES string of the molecule is O=C(NCCC(=O)N1CCCN(c2ccc(C(F)(F)F)cn2)CC1)c1ccc2ccccc2c1. The molecule has 1 aliphatic heterocycles. The highest BCUT2D eigenvalue weighted by Crippen LogP contribution is 2.29. The van der Waals surface area contributed by atoms with Crippen LogP contribution in [0.15, 0.2) is 60.8 Å². The van der Waals surface area contributed by atoms with E-state index in [1.165, 1.54) is 6.07 Å². The number of benzene rings is 2. The van der Waals surface area contributed by atoms with Crippen LogP contribution in [-0.2, 0) is 11.0 Å². The Morgan fingerprint density at radius 3 is 2.47 bits per heavy atom. The standard InChI is InChI=1S/C25H25F3N4O2/c26-25(27,28)21-8-9-22(30-17-21)31-12-3-13-32(15-14-31)23(33)10-11-29-24(34)20-7-6-18-4-1-2-5-19(18)16-20/h1-2,4-9,16-17H,3,10-15H2,(H,29,34). The molecule has 1 fully saturated rings. The van der Waals surface area contributed by atoms with Gasteiger partial charge in [-0.2, -0.15) is 13.2 Å². The lowest BCUT2D eigenvalue weighted by Crippen LogP contribution is -2.37. The van der Waals surface area contributed by atoms with Crippen LogP contribution in [0.3, 0.4) is 0 Å². The van der Waals surface area contributed by atoms with Gasteiger partial charge in [0, 0.05) is 50.9 Å². The predicted molar refractivity (Wildman–Crippen MR) is 124 cm³/mol. The number of amides is 2. The summed E-state index contributed by atoms with van der Waals surface area (Å²) >= 11 is 0. The van der Waals surface area contributed by atoms with Crippen LogP contribution >= 0.6 is 0 Å². The minimum atomic E-state index is -4.42. The highest BCUT2D eigenvalue weighted by atomic mass is 19.4. The highest BCUT2D eigenvalue weighted by molar-refractivity contribution is 5.98. The molecule has 4 rings (SSSR count). The molecule has 6 nitrogen and oxygen atoms in total. The second kappa shape index (κ2) is 10.1. The molecule has 2 aromatic carbocycles. The van der Waals surface area contributed by atoms with Gasteiger partial charge in [-0.15, -0.1) is 0 Å². The number of rotatable bonds is 5. The van der Waals surface area contributed by atoms with Gasteiger partial charge in [0.25, 0.3) is 5.91 Å². The number of alkyl halides is 3. The molecule has 1 N–H and O–H groups in total. The summed E-state index contributed by atoms with van der Waals surface area (Å²) in [5.41, 5.74) is -0.241. The third kappa shape index (κ3) is 5.65. The Labute approximate surface area is 195 Å². The first-order valence-electron chi connectivity index (χ1n) is 11.1. The summed E-state index contributed by atoms with van der Waals surface area (Å²) < 4.78 is 38.3. The maximum Gasteiger partial charge on any atom is 0.417 e. The molecular weight excluding hydrogens is 445 g/mol. The average molecular weight is 470 g/mol. The second-order valence-electron chi connectivity index (χ2n) is 8.19. The van der Waals surface area contributed by atoms with Crippen LogP contribution < -0.4 is 10.2 Å². The van der Waals surface area contributed by atoms with Crippen LogP contribution in [0.25, 0.3) is 10.8 Å². The Hall–Kier alpha value is -3.62. The smallest absolute Gasteiger partial charge is 0.355 e. The Kier molecular flexibility index (Phi) is 7.00. The largest absolute Gasteiger partial charge is 0.417 e. The first-order valence-corrected chi connectivity index (χ1v) is 11.1. The van der Waals surface area contributed by atoms with Crippen LogP contribution in [0.4, 0.5) is 19.0 Å². The van der Waals surface area contributed by atoms with E-state index < -0.39 is 11.7 Å². The van der Waals surface area contributed by atoms with Crippen LogP contribution in [0.2, 0.25) is 0 Å². The van der Waals surface area contributed by atoms with Crippen molar-refractivity contribution in [3.8, 4) is 0 Å². The second-order valence-corrected chi connectivity index (χ2v) is 8.19. The summed E-state index contributed by atoms with van der Waals surface area (Å²) in [5, 5.41) is 4.83. The Balaban J connectivity index is 1.26. The molecule has 1 aromatic heterocycles. The van der Waals surface area contributed by atoms with Crippen molar-refractivity contribution in [3.63, 3.8) is 0 Å². The molecule has 0 atom stereocenters. The van der Waals surface area contributed by atoms with Crippen molar-refractivity contribution in [2.75, 3.05) is 37.6 Å². The monoisotopic (exact) mass is 470 g/mol. The molecule has 178 valence electrons. The quantitative estimate of drug-likeness (QED) is 0.610. The molecule has 1 aliphatic rings. The van der Waals surface area contributed by atoms with E-state index in [0.717, 1.165) is 23.0 Å². The van der Waals surface area contributed by atoms with Crippen LogP contribution in [0.5, 0.6) is 0 Å². The number of nitrogens with zero attached hydrogens (tertiary/aromatic N) is 3. The number of hydrogen-bond donors (Lipinski definition) is 1. The number of carbonyl (C=O) groups is 2. The lowest BCUT2D eigenvalue weighted by atomic mass is 10.1. The fraction of sp³-hybridized carbons (Fsp3) is 0.320. The molecule has 2 amide bonds. The summed E-state index contributed by atoms with van der Waals surface area (Å²) in [5.74, 6) is 0.167. The van der Waals surface area contributed by atoms with Gasteiger partial charge in [0.15, 0.2) is 0 Å². The minimum Gasteiger partial charge on any atom is -0.355 e. The van der Waals surface area contributed by atoms with Gasteiger partial charge in [0.05, 0.1) is 5.56 Å². The summed E-state index contributed by atoms with van der Waals surface area (Å²) in [6.07, 6.45) is -2.73. The van der Waals surface area contributed by atoms with Crippen LogP contribution in [0, 0.1) is 0 Å². The number of pyridine rings is 1. The molecule has 0 unspecified atom stereocenters. The Morgan fingerprint density at radius 1 is 0.941 bits per heavy atom. The molecule has 2 heterocycles. The molecule has 9 heteroatoms. The fourth-order valence-corrected chi connectivity index (χ4v) is 4.01. The average Bonchev–Trinajstić information content (AvgIpc) is 3.09. The molecular formula is C25H25F3N4O2. The zero-order valence-corrected chi connectivity index (χ0v) is 18.5. The van der Waals surface area contributed by atoms with E-state index >= 15 is 0 Å². The van der Waals surface area contributed by atoms with Crippen LogP contribution in [-0.4, -0.2) is 54.4 Å². The third-order valence-electron chi connectivity index (χ3n) is 5.88. The van der Waals surface area contributed by atoms with Gasteiger partial charge in [0.2, 0.25) is 5.91 Å². The molecule has 0 spiro atoms. The first kappa shape index (κ1) is 23.5. The molecule has 0 saturated carbocycles. The maximum absolute atomic E-state index is 12.8. The fourth-order valence-electron chi connectivity index (χ4n) is 4.01. The molecule has 0 radical (unpaired) electrons. The van der Waals surface area contributed by atoms with Crippen LogP contribution in [0.1, 0.15) is 28.8 Å². The van der Waals surface area contributed by atoms with E-state index in [2.05, 4.69) is 10.3 Å². The number of aromatic nitrogens is 1. The van der Waals surface area contributed by atoms with E-state index in [4.69, 9.17) is 0 Å². The van der Waals surface area contributed by atoms with Crippen molar-refractivity contribution in [2.24, 2.45) is 0 Å². The highest BCUT2D eigenvalue weighted by Gasteiger charge is 2.31. The van der Waals surface area contributed by atoms with Gasteiger partial charge in [0.1, 0.15) is 5.82 Å². The first-order chi connectivity index (χ1) is 16.3. The van der Waals surface area contributed by atoms with Gasteiger partial charge in [-0.25, -0.2) is 4.98 Å². The van der Waals surface area contributed by atoms with Crippen molar-refractivity contribution in [1.29, 1.82) is 0 Å². The van der Waals surface area contributed by atoms with E-state index in [1.54, 1.807) is 11.0 Å². The zero-order valence-electron chi connectivity index (χ0n) is 18.5. The van der Waals surface area contributed by atoms with Gasteiger partial charge in [-0.05, 0) is 41.5 Å². The van der Waals surface area contributed by atoms with E-state index in [-0.39, 0.29) is 24.8 Å². The van der Waals surface area contributed by atoms with Gasteiger partial charge >= 0.3 is 6.18 Å². The van der Waals surface area contributed by atoms with Crippen molar-refractivity contribution < 1.29 is 22.8 Å². The zero-order chi connectivity index (χ0) is 24.1. The Morgan fingerprint density at radius 2 is 1.74 bits per heavy atom. The third-order valence-corrected chi connectivity index (χ3v) is 5.88. The maximum atomic E-state index is 12.8. The summed E-state index contributed by atoms with van der Waals surface area (Å²) in [7, 11) is 0. The summed E-state index contributed by atoms with van der Waals surface area (Å²) in [6, 6.07) is 15.6. The number of halogens is 3. The normalized spacial score (nSPS) is 14.7. The number of hydrogen-bond acceptors (Lipinski definition) is 4.